The van der Waals surface area contributed by atoms with E-state index >= 15 is 0 Å². The average molecular weight is 278 g/mol. The fourth-order valence-electron chi connectivity index (χ4n) is 2.20. The van der Waals surface area contributed by atoms with Crippen molar-refractivity contribution in [3.63, 3.8) is 0 Å². The first kappa shape index (κ1) is 12.0. The average Bonchev–Trinajstić information content (AvgIpc) is 2.85. The number of amides is 1. The second-order valence-corrected chi connectivity index (χ2v) is 4.86. The van der Waals surface area contributed by atoms with Gasteiger partial charge in [-0.3, -0.25) is 4.79 Å². The molecule has 0 saturated carbocycles. The van der Waals surface area contributed by atoms with Gasteiger partial charge in [0.15, 0.2) is 0 Å². The molecule has 0 spiro atoms. The van der Waals surface area contributed by atoms with Crippen LogP contribution in [0.4, 0.5) is 0 Å². The number of benzene rings is 1. The molecule has 1 aromatic heterocycles. The maximum absolute atomic E-state index is 12.3. The highest BCUT2D eigenvalue weighted by atomic mass is 35.5. The molecule has 0 fully saturated rings. The van der Waals surface area contributed by atoms with Crippen molar-refractivity contribution in [2.75, 3.05) is 6.54 Å². The molecule has 0 bridgehead atoms. The molecule has 0 atom stereocenters. The van der Waals surface area contributed by atoms with Gasteiger partial charge in [-0.25, -0.2) is 4.98 Å². The van der Waals surface area contributed by atoms with E-state index in [1.807, 2.05) is 10.8 Å². The molecule has 0 saturated heterocycles. The van der Waals surface area contributed by atoms with E-state index in [2.05, 4.69) is 4.98 Å². The summed E-state index contributed by atoms with van der Waals surface area (Å²) in [4.78, 5) is 18.2. The first-order valence-electron chi connectivity index (χ1n) is 5.93. The summed E-state index contributed by atoms with van der Waals surface area (Å²) >= 11 is 5.76. The molecule has 0 radical (unpaired) electrons. The zero-order chi connectivity index (χ0) is 13.4. The monoisotopic (exact) mass is 277 g/mol. The van der Waals surface area contributed by atoms with Crippen molar-refractivity contribution in [3.05, 3.63) is 47.0 Å². The number of fused-ring (bicyclic) bond motifs is 1. The van der Waals surface area contributed by atoms with Gasteiger partial charge in [-0.15, -0.1) is 0 Å². The lowest BCUT2D eigenvalue weighted by atomic mass is 10.1. The van der Waals surface area contributed by atoms with Crippen LogP contribution >= 0.6 is 11.6 Å². The topological polar surface area (TPSA) is 58.4 Å². The van der Waals surface area contributed by atoms with Crippen LogP contribution in [0.25, 0.3) is 0 Å². The molecule has 1 aromatic carbocycles. The van der Waals surface area contributed by atoms with Gasteiger partial charge in [-0.1, -0.05) is 11.6 Å². The Bertz CT molecular complexity index is 639. The number of hydrogen-bond donors (Lipinski definition) is 1. The van der Waals surface area contributed by atoms with Crippen molar-refractivity contribution in [3.8, 4) is 5.75 Å². The number of imidazole rings is 1. The minimum atomic E-state index is -0.205. The highest BCUT2D eigenvalue weighted by Gasteiger charge is 2.24. The number of phenols is 1. The molecule has 2 aromatic rings. The Morgan fingerprint density at radius 2 is 2.21 bits per heavy atom. The lowest BCUT2D eigenvalue weighted by Gasteiger charge is -2.27. The molecule has 5 nitrogen and oxygen atoms in total. The minimum Gasteiger partial charge on any atom is -0.507 e. The molecule has 1 amide bonds. The summed E-state index contributed by atoms with van der Waals surface area (Å²) in [5, 5.41) is 10.2. The highest BCUT2D eigenvalue weighted by molar-refractivity contribution is 6.30. The van der Waals surface area contributed by atoms with Gasteiger partial charge in [0.25, 0.3) is 5.91 Å². The number of hydrogen-bond acceptors (Lipinski definition) is 3. The largest absolute Gasteiger partial charge is 0.507 e. The number of aromatic nitrogens is 2. The van der Waals surface area contributed by atoms with E-state index in [9.17, 15) is 9.90 Å². The molecule has 0 unspecified atom stereocenters. The summed E-state index contributed by atoms with van der Waals surface area (Å²) in [7, 11) is 0. The second kappa shape index (κ2) is 4.59. The Morgan fingerprint density at radius 1 is 1.37 bits per heavy atom. The Morgan fingerprint density at radius 3 is 3.00 bits per heavy atom. The summed E-state index contributed by atoms with van der Waals surface area (Å²) in [6, 6.07) is 4.51. The van der Waals surface area contributed by atoms with Crippen molar-refractivity contribution in [2.24, 2.45) is 0 Å². The predicted octanol–water partition coefficient (Wildman–Crippen LogP) is 1.90. The van der Waals surface area contributed by atoms with Gasteiger partial charge in [-0.2, -0.15) is 0 Å². The number of phenolic OH excluding ortho intramolecular Hbond substituents is 1. The van der Waals surface area contributed by atoms with Crippen molar-refractivity contribution in [1.29, 1.82) is 0 Å². The summed E-state index contributed by atoms with van der Waals surface area (Å²) < 4.78 is 2.02. The van der Waals surface area contributed by atoms with E-state index in [-0.39, 0.29) is 17.2 Å². The van der Waals surface area contributed by atoms with E-state index in [0.717, 1.165) is 12.4 Å². The van der Waals surface area contributed by atoms with Crippen LogP contribution in [0.15, 0.2) is 30.6 Å². The van der Waals surface area contributed by atoms with E-state index in [1.54, 1.807) is 23.2 Å². The molecule has 3 rings (SSSR count). The Hall–Kier alpha value is -2.01. The van der Waals surface area contributed by atoms with Gasteiger partial charge in [0.2, 0.25) is 0 Å². The third-order valence-electron chi connectivity index (χ3n) is 3.22. The van der Waals surface area contributed by atoms with Crippen LogP contribution in [-0.4, -0.2) is 32.0 Å². The van der Waals surface area contributed by atoms with Crippen molar-refractivity contribution in [2.45, 2.75) is 13.1 Å². The van der Waals surface area contributed by atoms with Crippen LogP contribution in [0.3, 0.4) is 0 Å². The first-order chi connectivity index (χ1) is 9.15. The highest BCUT2D eigenvalue weighted by Crippen LogP contribution is 2.24. The maximum Gasteiger partial charge on any atom is 0.258 e. The summed E-state index contributed by atoms with van der Waals surface area (Å²) in [6.45, 7) is 1.77. The lowest BCUT2D eigenvalue weighted by Crippen LogP contribution is -2.38. The second-order valence-electron chi connectivity index (χ2n) is 4.43. The van der Waals surface area contributed by atoms with Crippen LogP contribution in [0.2, 0.25) is 5.02 Å². The SMILES string of the molecule is O=C(c1ccc(Cl)cc1O)N1CCn2ccnc2C1. The van der Waals surface area contributed by atoms with Crippen LogP contribution < -0.4 is 0 Å². The molecular weight excluding hydrogens is 266 g/mol. The lowest BCUT2D eigenvalue weighted by molar-refractivity contribution is 0.0704. The first-order valence-corrected chi connectivity index (χ1v) is 6.31. The zero-order valence-corrected chi connectivity index (χ0v) is 10.8. The number of carbonyl (C=O) groups excluding carboxylic acids is 1. The molecular formula is C13H12ClN3O2. The third kappa shape index (κ3) is 2.17. The van der Waals surface area contributed by atoms with Crippen molar-refractivity contribution in [1.82, 2.24) is 14.5 Å². The van der Waals surface area contributed by atoms with E-state index in [1.165, 1.54) is 6.07 Å². The third-order valence-corrected chi connectivity index (χ3v) is 3.46. The Balaban J connectivity index is 1.85. The van der Waals surface area contributed by atoms with Crippen molar-refractivity contribution < 1.29 is 9.90 Å². The van der Waals surface area contributed by atoms with E-state index < -0.39 is 0 Å². The van der Waals surface area contributed by atoms with Crippen LogP contribution in [-0.2, 0) is 13.1 Å². The quantitative estimate of drug-likeness (QED) is 0.866. The van der Waals surface area contributed by atoms with E-state index in [0.29, 0.717) is 18.1 Å². The maximum atomic E-state index is 12.3. The van der Waals surface area contributed by atoms with Gasteiger partial charge in [-0.05, 0) is 18.2 Å². The Labute approximate surface area is 115 Å². The van der Waals surface area contributed by atoms with Gasteiger partial charge in [0.05, 0.1) is 12.1 Å². The molecule has 1 aliphatic rings. The van der Waals surface area contributed by atoms with Gasteiger partial charge in [0, 0.05) is 30.5 Å². The predicted molar refractivity (Wildman–Crippen MR) is 70.1 cm³/mol. The molecule has 1 N–H and O–H groups in total. The van der Waals surface area contributed by atoms with Crippen LogP contribution in [0, 0.1) is 0 Å². The fraction of sp³-hybridized carbons (Fsp3) is 0.231. The van der Waals surface area contributed by atoms with Gasteiger partial charge >= 0.3 is 0 Å². The Kier molecular flexibility index (Phi) is 2.91. The molecule has 2 heterocycles. The summed E-state index contributed by atoms with van der Waals surface area (Å²) in [5.41, 5.74) is 0.268. The standard InChI is InChI=1S/C13H12ClN3O2/c14-9-1-2-10(11(18)7-9)13(19)17-6-5-16-4-3-15-12(16)8-17/h1-4,7,18H,5-6,8H2. The molecule has 98 valence electrons. The summed E-state index contributed by atoms with van der Waals surface area (Å²) in [5.74, 6) is 0.558. The number of carbonyl (C=O) groups is 1. The smallest absolute Gasteiger partial charge is 0.258 e. The number of rotatable bonds is 1. The van der Waals surface area contributed by atoms with E-state index in [4.69, 9.17) is 11.6 Å². The molecule has 19 heavy (non-hydrogen) atoms. The molecule has 0 aliphatic carbocycles. The van der Waals surface area contributed by atoms with Crippen LogP contribution in [0.5, 0.6) is 5.75 Å². The zero-order valence-electron chi connectivity index (χ0n) is 10.1. The number of aromatic hydroxyl groups is 1. The van der Waals surface area contributed by atoms with Crippen molar-refractivity contribution >= 4 is 17.5 Å². The van der Waals surface area contributed by atoms with Crippen LogP contribution in [0.1, 0.15) is 16.2 Å². The summed E-state index contributed by atoms with van der Waals surface area (Å²) in [6.07, 6.45) is 3.62. The molecule has 6 heteroatoms. The number of nitrogens with zero attached hydrogens (tertiary/aromatic N) is 3. The van der Waals surface area contributed by atoms with Gasteiger partial charge in [0.1, 0.15) is 11.6 Å². The minimum absolute atomic E-state index is 0.0913. The normalized spacial score (nSPS) is 14.3. The number of halogens is 1. The fourth-order valence-corrected chi connectivity index (χ4v) is 2.37. The van der Waals surface area contributed by atoms with Gasteiger partial charge < -0.3 is 14.6 Å². The molecule has 1 aliphatic heterocycles.